The van der Waals surface area contributed by atoms with Crippen LogP contribution in [0.3, 0.4) is 0 Å². The molecule has 1 amide bonds. The van der Waals surface area contributed by atoms with Gasteiger partial charge < -0.3 is 10.0 Å². The average molecular weight is 285 g/mol. The topological polar surface area (TPSA) is 57.6 Å². The third-order valence-corrected chi connectivity index (χ3v) is 5.55. The lowest BCUT2D eigenvalue weighted by Gasteiger charge is -2.27. The van der Waals surface area contributed by atoms with E-state index in [1.807, 2.05) is 11.0 Å². The fourth-order valence-electron chi connectivity index (χ4n) is 4.49. The second-order valence-electron chi connectivity index (χ2n) is 6.67. The summed E-state index contributed by atoms with van der Waals surface area (Å²) in [7, 11) is 0. The molecule has 0 aromatic heterocycles. The molecule has 0 radical (unpaired) electrons. The Morgan fingerprint density at radius 2 is 2.05 bits per heavy atom. The van der Waals surface area contributed by atoms with Crippen molar-refractivity contribution in [2.75, 3.05) is 11.4 Å². The Morgan fingerprint density at radius 1 is 1.19 bits per heavy atom. The molecule has 110 valence electrons. The highest BCUT2D eigenvalue weighted by atomic mass is 16.4. The van der Waals surface area contributed by atoms with Crippen LogP contribution in [0.2, 0.25) is 0 Å². The Hall–Kier alpha value is -1.84. The van der Waals surface area contributed by atoms with Crippen LogP contribution >= 0.6 is 0 Å². The predicted octanol–water partition coefficient (Wildman–Crippen LogP) is 2.71. The van der Waals surface area contributed by atoms with Crippen LogP contribution in [0.15, 0.2) is 18.2 Å². The SMILES string of the molecule is O=C(O)c1ccc2c(c1)N(C(=O)C1CC3CCC1C3)CC2. The normalized spacial score (nSPS) is 29.7. The molecule has 4 heteroatoms. The molecule has 3 unspecified atom stereocenters. The van der Waals surface area contributed by atoms with E-state index in [-0.39, 0.29) is 17.4 Å². The fraction of sp³-hybridized carbons (Fsp3) is 0.529. The Balaban J connectivity index is 1.62. The summed E-state index contributed by atoms with van der Waals surface area (Å²) in [5.74, 6) is 0.772. The minimum Gasteiger partial charge on any atom is -0.478 e. The number of benzene rings is 1. The Kier molecular flexibility index (Phi) is 2.81. The molecule has 1 aromatic rings. The van der Waals surface area contributed by atoms with Gasteiger partial charge in [-0.1, -0.05) is 12.5 Å². The summed E-state index contributed by atoms with van der Waals surface area (Å²) in [6.45, 7) is 0.700. The molecule has 2 saturated carbocycles. The molecule has 1 N–H and O–H groups in total. The average Bonchev–Trinajstić information content (AvgIpc) is 3.20. The van der Waals surface area contributed by atoms with Crippen LogP contribution in [0, 0.1) is 17.8 Å². The summed E-state index contributed by atoms with van der Waals surface area (Å²) in [5, 5.41) is 9.13. The van der Waals surface area contributed by atoms with E-state index in [0.717, 1.165) is 30.0 Å². The van der Waals surface area contributed by atoms with Crippen LogP contribution < -0.4 is 4.90 Å². The first kappa shape index (κ1) is 12.9. The summed E-state index contributed by atoms with van der Waals surface area (Å²) in [6.07, 6.45) is 5.56. The number of hydrogen-bond acceptors (Lipinski definition) is 2. The Bertz CT molecular complexity index is 624. The monoisotopic (exact) mass is 285 g/mol. The third-order valence-electron chi connectivity index (χ3n) is 5.55. The van der Waals surface area contributed by atoms with Crippen LogP contribution in [0.4, 0.5) is 5.69 Å². The van der Waals surface area contributed by atoms with Crippen molar-refractivity contribution >= 4 is 17.6 Å². The van der Waals surface area contributed by atoms with E-state index < -0.39 is 5.97 Å². The van der Waals surface area contributed by atoms with Gasteiger partial charge in [-0.25, -0.2) is 4.79 Å². The minimum atomic E-state index is -0.933. The van der Waals surface area contributed by atoms with Crippen LogP contribution in [0.1, 0.15) is 41.6 Å². The van der Waals surface area contributed by atoms with Crippen molar-refractivity contribution in [2.45, 2.75) is 32.1 Å². The maximum Gasteiger partial charge on any atom is 0.335 e. The summed E-state index contributed by atoms with van der Waals surface area (Å²) in [4.78, 5) is 25.8. The van der Waals surface area contributed by atoms with Gasteiger partial charge in [-0.2, -0.15) is 0 Å². The van der Waals surface area contributed by atoms with Gasteiger partial charge in [0.15, 0.2) is 0 Å². The van der Waals surface area contributed by atoms with Crippen LogP contribution in [-0.4, -0.2) is 23.5 Å². The predicted molar refractivity (Wildman–Crippen MR) is 78.4 cm³/mol. The van der Waals surface area contributed by atoms with Crippen molar-refractivity contribution in [3.8, 4) is 0 Å². The first-order valence-corrected chi connectivity index (χ1v) is 7.81. The number of carboxylic acid groups (broad SMARTS) is 1. The van der Waals surface area contributed by atoms with Crippen LogP contribution in [-0.2, 0) is 11.2 Å². The van der Waals surface area contributed by atoms with Crippen LogP contribution in [0.5, 0.6) is 0 Å². The lowest BCUT2D eigenvalue weighted by Crippen LogP contribution is -2.37. The largest absolute Gasteiger partial charge is 0.478 e. The zero-order chi connectivity index (χ0) is 14.6. The number of carboxylic acids is 1. The molecule has 1 aliphatic heterocycles. The lowest BCUT2D eigenvalue weighted by molar-refractivity contribution is -0.123. The molecule has 4 nitrogen and oxygen atoms in total. The van der Waals surface area contributed by atoms with Gasteiger partial charge >= 0.3 is 5.97 Å². The highest BCUT2D eigenvalue weighted by Crippen LogP contribution is 2.49. The van der Waals surface area contributed by atoms with Gasteiger partial charge in [0, 0.05) is 18.2 Å². The van der Waals surface area contributed by atoms with Gasteiger partial charge in [0.25, 0.3) is 0 Å². The van der Waals surface area contributed by atoms with Crippen molar-refractivity contribution in [2.24, 2.45) is 17.8 Å². The summed E-state index contributed by atoms with van der Waals surface area (Å²) in [5.41, 5.74) is 2.18. The van der Waals surface area contributed by atoms with Crippen LogP contribution in [0.25, 0.3) is 0 Å². The van der Waals surface area contributed by atoms with E-state index in [0.29, 0.717) is 12.5 Å². The highest BCUT2D eigenvalue weighted by molar-refractivity contribution is 5.99. The molecule has 2 fully saturated rings. The number of fused-ring (bicyclic) bond motifs is 3. The van der Waals surface area contributed by atoms with E-state index in [2.05, 4.69) is 0 Å². The van der Waals surface area contributed by atoms with Gasteiger partial charge in [-0.3, -0.25) is 4.79 Å². The fourth-order valence-corrected chi connectivity index (χ4v) is 4.49. The van der Waals surface area contributed by atoms with Crippen molar-refractivity contribution in [1.82, 2.24) is 0 Å². The Morgan fingerprint density at radius 3 is 2.71 bits per heavy atom. The molecule has 3 atom stereocenters. The van der Waals surface area contributed by atoms with Crippen molar-refractivity contribution in [1.29, 1.82) is 0 Å². The summed E-state index contributed by atoms with van der Waals surface area (Å²) >= 11 is 0. The first-order valence-electron chi connectivity index (χ1n) is 7.81. The maximum absolute atomic E-state index is 12.9. The third kappa shape index (κ3) is 1.96. The molecule has 1 aromatic carbocycles. The van der Waals surface area contributed by atoms with Gasteiger partial charge in [-0.15, -0.1) is 0 Å². The molecule has 2 aliphatic carbocycles. The van der Waals surface area contributed by atoms with E-state index in [4.69, 9.17) is 5.11 Å². The summed E-state index contributed by atoms with van der Waals surface area (Å²) < 4.78 is 0. The molecular formula is C17H19NO3. The molecule has 2 bridgehead atoms. The molecular weight excluding hydrogens is 266 g/mol. The first-order chi connectivity index (χ1) is 10.1. The number of amides is 1. The van der Waals surface area contributed by atoms with E-state index in [9.17, 15) is 9.59 Å². The molecule has 4 rings (SSSR count). The number of hydrogen-bond donors (Lipinski definition) is 1. The van der Waals surface area contributed by atoms with Crippen molar-refractivity contribution < 1.29 is 14.7 Å². The number of rotatable bonds is 2. The molecule has 0 spiro atoms. The summed E-state index contributed by atoms with van der Waals surface area (Å²) in [6, 6.07) is 5.15. The van der Waals surface area contributed by atoms with Gasteiger partial charge in [-0.05, 0) is 55.2 Å². The zero-order valence-corrected chi connectivity index (χ0v) is 11.9. The Labute approximate surface area is 123 Å². The second-order valence-corrected chi connectivity index (χ2v) is 6.67. The highest BCUT2D eigenvalue weighted by Gasteiger charge is 2.45. The van der Waals surface area contributed by atoms with E-state index in [1.54, 1.807) is 12.1 Å². The van der Waals surface area contributed by atoms with Gasteiger partial charge in [0.2, 0.25) is 5.91 Å². The smallest absolute Gasteiger partial charge is 0.335 e. The number of carbonyl (C=O) groups is 2. The number of carbonyl (C=O) groups excluding carboxylic acids is 1. The van der Waals surface area contributed by atoms with E-state index >= 15 is 0 Å². The molecule has 21 heavy (non-hydrogen) atoms. The standard InChI is InChI=1S/C17H19NO3/c19-16(14-8-10-1-2-12(14)7-10)18-6-5-11-3-4-13(17(20)21)9-15(11)18/h3-4,9-10,12,14H,1-2,5-8H2,(H,20,21). The van der Waals surface area contributed by atoms with Crippen molar-refractivity contribution in [3.63, 3.8) is 0 Å². The van der Waals surface area contributed by atoms with Gasteiger partial charge in [0.05, 0.1) is 5.56 Å². The lowest BCUT2D eigenvalue weighted by atomic mass is 9.87. The molecule has 3 aliphatic rings. The number of aromatic carboxylic acids is 1. The molecule has 1 heterocycles. The number of nitrogens with zero attached hydrogens (tertiary/aromatic N) is 1. The number of anilines is 1. The maximum atomic E-state index is 12.9. The second kappa shape index (κ2) is 4.58. The van der Waals surface area contributed by atoms with Crippen molar-refractivity contribution in [3.05, 3.63) is 29.3 Å². The van der Waals surface area contributed by atoms with E-state index in [1.165, 1.54) is 19.3 Å². The minimum absolute atomic E-state index is 0.170. The molecule has 0 saturated heterocycles. The quantitative estimate of drug-likeness (QED) is 0.909. The van der Waals surface area contributed by atoms with Gasteiger partial charge in [0.1, 0.15) is 0 Å². The zero-order valence-electron chi connectivity index (χ0n) is 11.9.